The van der Waals surface area contributed by atoms with Gasteiger partial charge in [-0.25, -0.2) is 4.68 Å². The molecule has 0 aliphatic heterocycles. The summed E-state index contributed by atoms with van der Waals surface area (Å²) in [7, 11) is 1.89. The predicted molar refractivity (Wildman–Crippen MR) is 68.5 cm³/mol. The van der Waals surface area contributed by atoms with E-state index in [0.29, 0.717) is 0 Å². The average molecular weight is 313 g/mol. The van der Waals surface area contributed by atoms with Crippen molar-refractivity contribution in [2.45, 2.75) is 6.92 Å². The van der Waals surface area contributed by atoms with Crippen LogP contribution in [0, 0.1) is 10.5 Å². The number of nitrogens with zero attached hydrogens (tertiary/aromatic N) is 2. The summed E-state index contributed by atoms with van der Waals surface area (Å²) in [6, 6.07) is 9.65. The Kier molecular flexibility index (Phi) is 2.68. The Bertz CT molecular complexity index is 540. The largest absolute Gasteiger partial charge is 0.285 e. The first-order valence-electron chi connectivity index (χ1n) is 4.62. The highest BCUT2D eigenvalue weighted by molar-refractivity contribution is 14.1. The van der Waals surface area contributed by atoms with Gasteiger partial charge in [-0.15, -0.1) is 0 Å². The Labute approximate surface area is 101 Å². The lowest BCUT2D eigenvalue weighted by molar-refractivity contribution is 0.630. The van der Waals surface area contributed by atoms with Gasteiger partial charge in [0.1, 0.15) is 3.57 Å². The van der Waals surface area contributed by atoms with Gasteiger partial charge in [0, 0.05) is 7.05 Å². The maximum Gasteiger partial charge on any atom is 0.285 e. The second kappa shape index (κ2) is 3.84. The molecule has 2 rings (SSSR count). The highest BCUT2D eigenvalue weighted by Crippen LogP contribution is 2.10. The van der Waals surface area contributed by atoms with Crippen LogP contribution in [0.2, 0.25) is 0 Å². The van der Waals surface area contributed by atoms with E-state index in [0.717, 1.165) is 15.0 Å². The van der Waals surface area contributed by atoms with Crippen molar-refractivity contribution in [1.82, 2.24) is 9.36 Å². The predicted octanol–water partition coefficient (Wildman–Crippen LogP) is 2.09. The van der Waals surface area contributed by atoms with Gasteiger partial charge >= 0.3 is 0 Å². The third-order valence-corrected chi connectivity index (χ3v) is 3.73. The summed E-state index contributed by atoms with van der Waals surface area (Å²) in [6.07, 6.45) is 0. The van der Waals surface area contributed by atoms with E-state index in [4.69, 9.17) is 0 Å². The number of halogens is 1. The number of hydrogen-bond acceptors (Lipinski definition) is 1. The molecule has 0 aliphatic carbocycles. The molecule has 0 aliphatic rings. The monoisotopic (exact) mass is 313 g/mol. The van der Waals surface area contributed by atoms with E-state index in [1.165, 1.54) is 0 Å². The van der Waals surface area contributed by atoms with Crippen LogP contribution in [0.3, 0.4) is 0 Å². The van der Waals surface area contributed by atoms with Gasteiger partial charge in [-0.2, -0.15) is 0 Å². The van der Waals surface area contributed by atoms with Crippen molar-refractivity contribution in [2.75, 3.05) is 0 Å². The molecule has 1 aromatic carbocycles. The van der Waals surface area contributed by atoms with Gasteiger partial charge in [0.2, 0.25) is 0 Å². The average Bonchev–Trinajstić information content (AvgIpc) is 2.45. The van der Waals surface area contributed by atoms with E-state index in [2.05, 4.69) is 22.6 Å². The van der Waals surface area contributed by atoms with Gasteiger partial charge < -0.3 is 0 Å². The summed E-state index contributed by atoms with van der Waals surface area (Å²) in [5.41, 5.74) is 1.93. The summed E-state index contributed by atoms with van der Waals surface area (Å²) in [4.78, 5) is 11.9. The molecule has 0 atom stereocenters. The minimum Gasteiger partial charge on any atom is -0.284 e. The van der Waals surface area contributed by atoms with Crippen LogP contribution in [0.4, 0.5) is 0 Å². The summed E-state index contributed by atoms with van der Waals surface area (Å²) in [5, 5.41) is 0. The first-order valence-corrected chi connectivity index (χ1v) is 5.70. The summed E-state index contributed by atoms with van der Waals surface area (Å²) in [5.74, 6) is 0. The molecule has 0 spiro atoms. The first kappa shape index (κ1) is 10.5. The van der Waals surface area contributed by atoms with Crippen LogP contribution in [-0.4, -0.2) is 9.36 Å². The van der Waals surface area contributed by atoms with Crippen LogP contribution in [-0.2, 0) is 7.05 Å². The fraction of sp³-hybridized carbons (Fsp3) is 0.182. The molecule has 0 unspecified atom stereocenters. The SMILES string of the molecule is Cc1c(I)c(=O)n(-c2ccccc2)n1[11CH3]. The molecule has 0 saturated heterocycles. The van der Waals surface area contributed by atoms with E-state index in [1.54, 1.807) is 4.68 Å². The molecule has 4 heteroatoms. The second-order valence-corrected chi connectivity index (χ2v) is 4.45. The molecule has 0 bridgehead atoms. The zero-order valence-electron chi connectivity index (χ0n) is 8.57. The van der Waals surface area contributed by atoms with Gasteiger partial charge in [-0.05, 0) is 41.6 Å². The Morgan fingerprint density at radius 1 is 1.20 bits per heavy atom. The third kappa shape index (κ3) is 1.62. The fourth-order valence-corrected chi connectivity index (χ4v) is 2.11. The van der Waals surface area contributed by atoms with Gasteiger partial charge in [0.05, 0.1) is 11.4 Å². The second-order valence-electron chi connectivity index (χ2n) is 3.38. The van der Waals surface area contributed by atoms with Crippen LogP contribution in [0.25, 0.3) is 5.69 Å². The first-order chi connectivity index (χ1) is 7.13. The maximum absolute atomic E-state index is 11.9. The molecule has 3 nitrogen and oxygen atoms in total. The van der Waals surface area contributed by atoms with Crippen molar-refractivity contribution >= 4 is 22.6 Å². The topological polar surface area (TPSA) is 26.9 Å². The lowest BCUT2D eigenvalue weighted by Crippen LogP contribution is -2.20. The van der Waals surface area contributed by atoms with Crippen molar-refractivity contribution in [3.05, 3.63) is 49.9 Å². The zero-order chi connectivity index (χ0) is 11.0. The van der Waals surface area contributed by atoms with Crippen LogP contribution in [0.15, 0.2) is 35.1 Å². The Hall–Kier alpha value is -1.04. The number of para-hydroxylation sites is 1. The summed E-state index contributed by atoms with van der Waals surface area (Å²) < 4.78 is 4.33. The van der Waals surface area contributed by atoms with Gasteiger partial charge in [0.25, 0.3) is 5.56 Å². The van der Waals surface area contributed by atoms with E-state index in [-0.39, 0.29) is 5.56 Å². The van der Waals surface area contributed by atoms with Crippen molar-refractivity contribution < 1.29 is 0 Å². The molecule has 0 fully saturated rings. The van der Waals surface area contributed by atoms with Crippen molar-refractivity contribution in [1.29, 1.82) is 0 Å². The highest BCUT2D eigenvalue weighted by atomic mass is 127. The number of benzene rings is 1. The molecule has 15 heavy (non-hydrogen) atoms. The van der Waals surface area contributed by atoms with Gasteiger partial charge in [0.15, 0.2) is 0 Å². The quantitative estimate of drug-likeness (QED) is 0.741. The third-order valence-electron chi connectivity index (χ3n) is 2.48. The lowest BCUT2D eigenvalue weighted by atomic mass is 10.3. The molecule has 2 aromatic rings. The standard InChI is InChI=1S/C11H11IN2O/c1-8-10(12)11(15)14(13(8)2)9-6-4-3-5-7-9/h3-7H,1-2H3/i2-1. The Morgan fingerprint density at radius 3 is 2.27 bits per heavy atom. The van der Waals surface area contributed by atoms with Crippen LogP contribution >= 0.6 is 22.6 Å². The number of aromatic nitrogens is 2. The molecular weight excluding hydrogens is 302 g/mol. The van der Waals surface area contributed by atoms with Crippen molar-refractivity contribution in [3.63, 3.8) is 0 Å². The molecule has 0 radical (unpaired) electrons. The van der Waals surface area contributed by atoms with Gasteiger partial charge in [-0.1, -0.05) is 18.2 Å². The lowest BCUT2D eigenvalue weighted by Gasteiger charge is -2.07. The Morgan fingerprint density at radius 2 is 1.80 bits per heavy atom. The van der Waals surface area contributed by atoms with Crippen LogP contribution < -0.4 is 5.56 Å². The smallest absolute Gasteiger partial charge is 0.284 e. The van der Waals surface area contributed by atoms with Crippen LogP contribution in [0.1, 0.15) is 5.69 Å². The Balaban J connectivity index is 2.75. The normalized spacial score (nSPS) is 10.6. The van der Waals surface area contributed by atoms with Crippen LogP contribution in [0.5, 0.6) is 0 Å². The molecule has 0 saturated carbocycles. The molecule has 1 aromatic heterocycles. The minimum atomic E-state index is 0.0433. The summed E-state index contributed by atoms with van der Waals surface area (Å²) in [6.45, 7) is 1.95. The van der Waals surface area contributed by atoms with E-state index in [1.807, 2.05) is 49.0 Å². The molecule has 1 heterocycles. The van der Waals surface area contributed by atoms with Crippen molar-refractivity contribution in [3.8, 4) is 5.69 Å². The van der Waals surface area contributed by atoms with E-state index in [9.17, 15) is 4.79 Å². The number of rotatable bonds is 1. The number of hydrogen-bond donors (Lipinski definition) is 0. The molecule has 78 valence electrons. The van der Waals surface area contributed by atoms with Crippen molar-refractivity contribution in [2.24, 2.45) is 7.05 Å². The van der Waals surface area contributed by atoms with E-state index >= 15 is 0 Å². The highest BCUT2D eigenvalue weighted by Gasteiger charge is 2.12. The molecule has 0 amide bonds. The van der Waals surface area contributed by atoms with Gasteiger partial charge in [-0.3, -0.25) is 9.48 Å². The molecular formula is C11H11IN2O. The minimum absolute atomic E-state index is 0.0433. The maximum atomic E-state index is 11.9. The molecule has 0 N–H and O–H groups in total. The zero-order valence-corrected chi connectivity index (χ0v) is 10.7. The van der Waals surface area contributed by atoms with E-state index < -0.39 is 0 Å². The summed E-state index contributed by atoms with van der Waals surface area (Å²) >= 11 is 2.09. The fourth-order valence-electron chi connectivity index (χ4n) is 1.54.